The quantitative estimate of drug-likeness (QED) is 0.422. The van der Waals surface area contributed by atoms with Gasteiger partial charge < -0.3 is 14.4 Å². The smallest absolute Gasteiger partial charge is 0.165 e. The van der Waals surface area contributed by atoms with E-state index in [1.807, 2.05) is 61.7 Å². The minimum atomic E-state index is 0.415. The van der Waals surface area contributed by atoms with Crippen LogP contribution in [0.3, 0.4) is 0 Å². The highest BCUT2D eigenvalue weighted by Crippen LogP contribution is 2.21. The molecule has 0 fully saturated rings. The Bertz CT molecular complexity index is 760. The molecule has 0 aromatic heterocycles. The first-order valence-corrected chi connectivity index (χ1v) is 8.97. The van der Waals surface area contributed by atoms with Crippen LogP contribution in [0.1, 0.15) is 16.7 Å². The number of aryl methyl sites for hydroxylation is 1. The zero-order valence-corrected chi connectivity index (χ0v) is 15.7. The molecule has 0 amide bonds. The second-order valence-corrected chi connectivity index (χ2v) is 5.91. The largest absolute Gasteiger partial charge is 0.489 e. The van der Waals surface area contributed by atoms with E-state index in [0.717, 1.165) is 22.4 Å². The molecule has 0 saturated carbocycles. The molecule has 0 unspecified atom stereocenters. The van der Waals surface area contributed by atoms with Crippen LogP contribution in [0.15, 0.2) is 58.8 Å². The topological polar surface area (TPSA) is 52.4 Å². The van der Waals surface area contributed by atoms with Gasteiger partial charge in [0.2, 0.25) is 0 Å². The van der Waals surface area contributed by atoms with E-state index in [2.05, 4.69) is 10.3 Å². The van der Waals surface area contributed by atoms with Crippen molar-refractivity contribution in [2.24, 2.45) is 10.3 Å². The van der Waals surface area contributed by atoms with Crippen LogP contribution in [0.2, 0.25) is 0 Å². The Morgan fingerprint density at radius 3 is 2.32 bits per heavy atom. The predicted molar refractivity (Wildman–Crippen MR) is 103 cm³/mol. The number of oxime groups is 2. The summed E-state index contributed by atoms with van der Waals surface area (Å²) in [6, 6.07) is 15.8. The molecule has 2 aromatic rings. The van der Waals surface area contributed by atoms with Crippen LogP contribution in [-0.2, 0) is 16.3 Å². The third kappa shape index (κ3) is 5.00. The number of hydrogen-bond acceptors (Lipinski definition) is 6. The lowest BCUT2D eigenvalue weighted by Crippen LogP contribution is -2.16. The van der Waals surface area contributed by atoms with Crippen LogP contribution < -0.4 is 4.74 Å². The third-order valence-electron chi connectivity index (χ3n) is 3.50. The van der Waals surface area contributed by atoms with Crippen LogP contribution in [0.4, 0.5) is 0 Å². The zero-order chi connectivity index (χ0) is 18.1. The number of hydrogen-bond donors (Lipinski definition) is 0. The van der Waals surface area contributed by atoms with Crippen molar-refractivity contribution in [2.75, 3.05) is 20.5 Å². The summed E-state index contributed by atoms with van der Waals surface area (Å²) < 4.78 is 5.99. The number of thioether (sulfide) groups is 1. The van der Waals surface area contributed by atoms with E-state index in [9.17, 15) is 0 Å². The molecule has 6 heteroatoms. The summed E-state index contributed by atoms with van der Waals surface area (Å²) in [5, 5.41) is 8.82. The Morgan fingerprint density at radius 2 is 1.64 bits per heavy atom. The molecule has 132 valence electrons. The van der Waals surface area contributed by atoms with Gasteiger partial charge in [0.25, 0.3) is 0 Å². The minimum absolute atomic E-state index is 0.415. The lowest BCUT2D eigenvalue weighted by atomic mass is 10.0. The Hall–Kier alpha value is -2.47. The first-order chi connectivity index (χ1) is 12.2. The minimum Gasteiger partial charge on any atom is -0.489 e. The summed E-state index contributed by atoms with van der Waals surface area (Å²) >= 11 is 1.44. The SMILES string of the molecule is CO/N=C(SC)/C(=N\OC)c1ccccc1COc1ccccc1C. The molecule has 0 aliphatic carbocycles. The van der Waals surface area contributed by atoms with Crippen molar-refractivity contribution in [1.29, 1.82) is 0 Å². The summed E-state index contributed by atoms with van der Waals surface area (Å²) in [6.07, 6.45) is 1.91. The first kappa shape index (κ1) is 18.9. The molecule has 2 aromatic carbocycles. The standard InChI is InChI=1S/C19H22N2O3S/c1-14-9-5-8-12-17(14)24-13-15-10-6-7-11-16(15)18(20-22-2)19(25-4)21-23-3/h5-12H,13H2,1-4H3/b20-18-,21-19-. The summed E-state index contributed by atoms with van der Waals surface area (Å²) in [5.74, 6) is 0.859. The lowest BCUT2D eigenvalue weighted by Gasteiger charge is -2.14. The maximum absolute atomic E-state index is 5.99. The summed E-state index contributed by atoms with van der Waals surface area (Å²) in [6.45, 7) is 2.44. The molecule has 0 saturated heterocycles. The van der Waals surface area contributed by atoms with E-state index in [1.165, 1.54) is 26.0 Å². The molecule has 5 nitrogen and oxygen atoms in total. The van der Waals surface area contributed by atoms with Gasteiger partial charge in [-0.3, -0.25) is 0 Å². The fourth-order valence-electron chi connectivity index (χ4n) is 2.31. The van der Waals surface area contributed by atoms with Gasteiger partial charge in [-0.2, -0.15) is 0 Å². The maximum atomic E-state index is 5.99. The molecule has 0 spiro atoms. The lowest BCUT2D eigenvalue weighted by molar-refractivity contribution is 0.210. The van der Waals surface area contributed by atoms with Crippen molar-refractivity contribution in [3.63, 3.8) is 0 Å². The van der Waals surface area contributed by atoms with Crippen molar-refractivity contribution < 1.29 is 14.4 Å². The van der Waals surface area contributed by atoms with E-state index >= 15 is 0 Å². The normalized spacial score (nSPS) is 12.0. The Morgan fingerprint density at radius 1 is 0.960 bits per heavy atom. The highest BCUT2D eigenvalue weighted by molar-refractivity contribution is 8.15. The van der Waals surface area contributed by atoms with Crippen LogP contribution in [0.5, 0.6) is 5.75 Å². The van der Waals surface area contributed by atoms with Gasteiger partial charge in [-0.25, -0.2) is 0 Å². The molecule has 0 heterocycles. The van der Waals surface area contributed by atoms with Crippen molar-refractivity contribution in [2.45, 2.75) is 13.5 Å². The number of para-hydroxylation sites is 1. The summed E-state index contributed by atoms with van der Waals surface area (Å²) in [7, 11) is 3.02. The molecular weight excluding hydrogens is 336 g/mol. The number of benzene rings is 2. The van der Waals surface area contributed by atoms with Crippen LogP contribution in [0, 0.1) is 6.92 Å². The summed E-state index contributed by atoms with van der Waals surface area (Å²) in [4.78, 5) is 9.95. The van der Waals surface area contributed by atoms with Gasteiger partial charge >= 0.3 is 0 Å². The van der Waals surface area contributed by atoms with E-state index in [-0.39, 0.29) is 0 Å². The number of ether oxygens (including phenoxy) is 1. The van der Waals surface area contributed by atoms with E-state index in [4.69, 9.17) is 14.4 Å². The Labute approximate surface area is 152 Å². The van der Waals surface area contributed by atoms with E-state index in [0.29, 0.717) is 17.4 Å². The fraction of sp³-hybridized carbons (Fsp3) is 0.263. The van der Waals surface area contributed by atoms with Gasteiger partial charge in [0.05, 0.1) is 0 Å². The Balaban J connectivity index is 2.34. The average Bonchev–Trinajstić information content (AvgIpc) is 2.64. The first-order valence-electron chi connectivity index (χ1n) is 7.74. The van der Waals surface area contributed by atoms with Crippen LogP contribution >= 0.6 is 11.8 Å². The molecule has 0 aliphatic rings. The van der Waals surface area contributed by atoms with Gasteiger partial charge in [0.1, 0.15) is 32.3 Å². The Kier molecular flexibility index (Phi) is 7.35. The van der Waals surface area contributed by atoms with E-state index in [1.54, 1.807) is 0 Å². The van der Waals surface area contributed by atoms with E-state index < -0.39 is 0 Å². The van der Waals surface area contributed by atoms with Gasteiger partial charge in [-0.05, 0) is 30.4 Å². The fourth-order valence-corrected chi connectivity index (χ4v) is 2.80. The highest BCUT2D eigenvalue weighted by Gasteiger charge is 2.17. The molecule has 0 radical (unpaired) electrons. The molecular formula is C19H22N2O3S. The van der Waals surface area contributed by atoms with Crippen LogP contribution in [-0.4, -0.2) is 31.2 Å². The molecule has 0 N–H and O–H groups in total. The third-order valence-corrected chi connectivity index (χ3v) is 4.16. The highest BCUT2D eigenvalue weighted by atomic mass is 32.2. The van der Waals surface area contributed by atoms with Crippen molar-refractivity contribution >= 4 is 22.5 Å². The zero-order valence-electron chi connectivity index (χ0n) is 14.9. The second-order valence-electron chi connectivity index (χ2n) is 5.12. The van der Waals surface area contributed by atoms with Gasteiger partial charge in [-0.15, -0.1) is 11.8 Å². The molecule has 2 rings (SSSR count). The molecule has 0 aliphatic heterocycles. The van der Waals surface area contributed by atoms with Gasteiger partial charge in [-0.1, -0.05) is 52.8 Å². The maximum Gasteiger partial charge on any atom is 0.165 e. The van der Waals surface area contributed by atoms with Crippen LogP contribution in [0.25, 0.3) is 0 Å². The molecule has 0 bridgehead atoms. The number of nitrogens with zero attached hydrogens (tertiary/aromatic N) is 2. The monoisotopic (exact) mass is 358 g/mol. The van der Waals surface area contributed by atoms with Crippen molar-refractivity contribution in [1.82, 2.24) is 0 Å². The molecule has 25 heavy (non-hydrogen) atoms. The average molecular weight is 358 g/mol. The number of rotatable bonds is 7. The van der Waals surface area contributed by atoms with Gasteiger partial charge in [0, 0.05) is 5.56 Å². The summed E-state index contributed by atoms with van der Waals surface area (Å²) in [5.41, 5.74) is 3.58. The van der Waals surface area contributed by atoms with Gasteiger partial charge in [0.15, 0.2) is 5.04 Å². The van der Waals surface area contributed by atoms with Crippen molar-refractivity contribution in [3.8, 4) is 5.75 Å². The van der Waals surface area contributed by atoms with Crippen molar-refractivity contribution in [3.05, 3.63) is 65.2 Å². The second kappa shape index (κ2) is 9.74. The molecule has 0 atom stereocenters. The predicted octanol–water partition coefficient (Wildman–Crippen LogP) is 4.25.